The van der Waals surface area contributed by atoms with Crippen LogP contribution in [0.1, 0.15) is 48.8 Å². The minimum absolute atomic E-state index is 0.0751. The summed E-state index contributed by atoms with van der Waals surface area (Å²) in [5, 5.41) is 4.14. The number of hydrogen-bond donors (Lipinski definition) is 0. The van der Waals surface area contributed by atoms with Gasteiger partial charge in [-0.3, -0.25) is 4.79 Å². The highest BCUT2D eigenvalue weighted by Gasteiger charge is 2.34. The molecule has 2 heterocycles. The van der Waals surface area contributed by atoms with Crippen LogP contribution in [0.3, 0.4) is 0 Å². The van der Waals surface area contributed by atoms with Gasteiger partial charge in [0, 0.05) is 25.1 Å². The molecule has 0 spiro atoms. The summed E-state index contributed by atoms with van der Waals surface area (Å²) < 4.78 is 11.2. The van der Waals surface area contributed by atoms with Gasteiger partial charge in [0.1, 0.15) is 5.75 Å². The van der Waals surface area contributed by atoms with Crippen molar-refractivity contribution in [2.24, 2.45) is 0 Å². The number of ether oxygens (including phenoxy) is 1. The molecule has 156 valence electrons. The van der Waals surface area contributed by atoms with Gasteiger partial charge < -0.3 is 14.2 Å². The van der Waals surface area contributed by atoms with E-state index in [0.717, 1.165) is 16.9 Å². The molecule has 0 saturated carbocycles. The Bertz CT molecular complexity index is 1040. The molecule has 0 N–H and O–H groups in total. The van der Waals surface area contributed by atoms with Crippen molar-refractivity contribution in [2.75, 3.05) is 6.54 Å². The second-order valence-electron chi connectivity index (χ2n) is 8.24. The van der Waals surface area contributed by atoms with Gasteiger partial charge in [0.25, 0.3) is 0 Å². The van der Waals surface area contributed by atoms with Gasteiger partial charge in [-0.25, -0.2) is 0 Å². The molecule has 1 aliphatic rings. The van der Waals surface area contributed by atoms with Crippen LogP contribution in [0.5, 0.6) is 5.75 Å². The number of carbonyl (C=O) groups is 1. The number of hydrogen-bond acceptors (Lipinski definition) is 5. The Labute approximate surface area is 176 Å². The third-order valence-corrected chi connectivity index (χ3v) is 5.44. The smallest absolute Gasteiger partial charge is 0.232 e. The molecule has 0 radical (unpaired) electrons. The van der Waals surface area contributed by atoms with Gasteiger partial charge in [0.05, 0.1) is 12.0 Å². The molecule has 1 aliphatic heterocycles. The monoisotopic (exact) mass is 405 g/mol. The summed E-state index contributed by atoms with van der Waals surface area (Å²) in [7, 11) is 0. The van der Waals surface area contributed by atoms with E-state index in [1.807, 2.05) is 49.1 Å². The van der Waals surface area contributed by atoms with Gasteiger partial charge in [0.2, 0.25) is 17.6 Å². The number of benzene rings is 2. The highest BCUT2D eigenvalue weighted by atomic mass is 16.5. The molecule has 0 aliphatic carbocycles. The van der Waals surface area contributed by atoms with Gasteiger partial charge in [-0.1, -0.05) is 29.4 Å². The quantitative estimate of drug-likeness (QED) is 0.597. The number of carbonyl (C=O) groups excluding carboxylic acids is 1. The predicted molar refractivity (Wildman–Crippen MR) is 114 cm³/mol. The summed E-state index contributed by atoms with van der Waals surface area (Å²) >= 11 is 0. The summed E-state index contributed by atoms with van der Waals surface area (Å²) in [5.41, 5.74) is 4.41. The van der Waals surface area contributed by atoms with Crippen molar-refractivity contribution < 1.29 is 14.1 Å². The molecule has 1 unspecified atom stereocenters. The topological polar surface area (TPSA) is 68.5 Å². The Morgan fingerprint density at radius 3 is 2.60 bits per heavy atom. The number of likely N-dealkylation sites (tertiary alicyclic amines) is 1. The van der Waals surface area contributed by atoms with Crippen molar-refractivity contribution in [3.8, 4) is 17.1 Å². The van der Waals surface area contributed by atoms with Crippen molar-refractivity contribution in [1.29, 1.82) is 0 Å². The third-order valence-electron chi connectivity index (χ3n) is 5.44. The van der Waals surface area contributed by atoms with E-state index in [9.17, 15) is 4.79 Å². The van der Waals surface area contributed by atoms with E-state index in [2.05, 4.69) is 36.1 Å². The maximum absolute atomic E-state index is 12.5. The first-order valence-corrected chi connectivity index (χ1v) is 10.3. The van der Waals surface area contributed by atoms with Crippen LogP contribution in [0, 0.1) is 13.8 Å². The lowest BCUT2D eigenvalue weighted by atomic mass is 10.1. The summed E-state index contributed by atoms with van der Waals surface area (Å²) in [6.07, 6.45) is 0.531. The molecule has 30 heavy (non-hydrogen) atoms. The number of nitrogens with zero attached hydrogens (tertiary/aromatic N) is 3. The van der Waals surface area contributed by atoms with Crippen LogP contribution in [0.15, 0.2) is 47.0 Å². The number of aromatic nitrogens is 2. The number of aryl methyl sites for hydroxylation is 2. The molecule has 4 rings (SSSR count). The highest BCUT2D eigenvalue weighted by Crippen LogP contribution is 2.30. The summed E-state index contributed by atoms with van der Waals surface area (Å²) in [6.45, 7) is 9.28. The van der Waals surface area contributed by atoms with Gasteiger partial charge in [0.15, 0.2) is 0 Å². The van der Waals surface area contributed by atoms with Gasteiger partial charge in [-0.05, 0) is 62.6 Å². The first-order chi connectivity index (χ1) is 14.4. The second kappa shape index (κ2) is 8.30. The average Bonchev–Trinajstić information content (AvgIpc) is 3.33. The molecule has 1 fully saturated rings. The van der Waals surface area contributed by atoms with E-state index >= 15 is 0 Å². The SMILES string of the molecule is Cc1ccc(-c2noc(C3CC(=O)N(Cc4ccc(OC(C)C)cc4)C3)n2)cc1C. The summed E-state index contributed by atoms with van der Waals surface area (Å²) in [4.78, 5) is 19.0. The van der Waals surface area contributed by atoms with Crippen LogP contribution in [-0.4, -0.2) is 33.6 Å². The molecular weight excluding hydrogens is 378 g/mol. The van der Waals surface area contributed by atoms with E-state index in [1.54, 1.807) is 0 Å². The molecule has 6 heteroatoms. The zero-order valence-corrected chi connectivity index (χ0v) is 17.9. The maximum Gasteiger partial charge on any atom is 0.232 e. The Morgan fingerprint density at radius 1 is 1.13 bits per heavy atom. The van der Waals surface area contributed by atoms with Crippen LogP contribution in [-0.2, 0) is 11.3 Å². The van der Waals surface area contributed by atoms with E-state index in [1.165, 1.54) is 11.1 Å². The van der Waals surface area contributed by atoms with Crippen molar-refractivity contribution >= 4 is 5.91 Å². The van der Waals surface area contributed by atoms with Gasteiger partial charge >= 0.3 is 0 Å². The lowest BCUT2D eigenvalue weighted by Gasteiger charge is -2.16. The Hall–Kier alpha value is -3.15. The fraction of sp³-hybridized carbons (Fsp3) is 0.375. The largest absolute Gasteiger partial charge is 0.491 e. The van der Waals surface area contributed by atoms with Crippen LogP contribution >= 0.6 is 0 Å². The first kappa shape index (κ1) is 20.1. The lowest BCUT2D eigenvalue weighted by Crippen LogP contribution is -2.24. The molecule has 0 bridgehead atoms. The fourth-order valence-corrected chi connectivity index (χ4v) is 3.66. The number of rotatable bonds is 6. The predicted octanol–water partition coefficient (Wildman–Crippen LogP) is 4.66. The molecule has 2 aromatic carbocycles. The minimum Gasteiger partial charge on any atom is -0.491 e. The Balaban J connectivity index is 1.42. The first-order valence-electron chi connectivity index (χ1n) is 10.3. The normalized spacial score (nSPS) is 16.5. The molecule has 3 aromatic rings. The van der Waals surface area contributed by atoms with Crippen LogP contribution in [0.4, 0.5) is 0 Å². The molecule has 1 aromatic heterocycles. The van der Waals surface area contributed by atoms with E-state index in [4.69, 9.17) is 9.26 Å². The molecule has 6 nitrogen and oxygen atoms in total. The summed E-state index contributed by atoms with van der Waals surface area (Å²) in [5.74, 6) is 1.96. The fourth-order valence-electron chi connectivity index (χ4n) is 3.66. The minimum atomic E-state index is -0.0751. The molecule has 1 amide bonds. The highest BCUT2D eigenvalue weighted by molar-refractivity contribution is 5.79. The van der Waals surface area contributed by atoms with Crippen molar-refractivity contribution in [2.45, 2.75) is 52.7 Å². The average molecular weight is 405 g/mol. The van der Waals surface area contributed by atoms with E-state index in [-0.39, 0.29) is 17.9 Å². The van der Waals surface area contributed by atoms with Gasteiger partial charge in [-0.15, -0.1) is 0 Å². The van der Waals surface area contributed by atoms with E-state index in [0.29, 0.717) is 31.2 Å². The van der Waals surface area contributed by atoms with E-state index < -0.39 is 0 Å². The Kier molecular flexibility index (Phi) is 5.57. The number of amides is 1. The zero-order valence-electron chi connectivity index (χ0n) is 17.9. The maximum atomic E-state index is 12.5. The van der Waals surface area contributed by atoms with Gasteiger partial charge in [-0.2, -0.15) is 4.98 Å². The van der Waals surface area contributed by atoms with Crippen LogP contribution in [0.2, 0.25) is 0 Å². The van der Waals surface area contributed by atoms with Crippen molar-refractivity contribution in [3.63, 3.8) is 0 Å². The van der Waals surface area contributed by atoms with Crippen molar-refractivity contribution in [3.05, 3.63) is 65.0 Å². The zero-order chi connectivity index (χ0) is 21.3. The Morgan fingerprint density at radius 2 is 1.90 bits per heavy atom. The lowest BCUT2D eigenvalue weighted by molar-refractivity contribution is -0.128. The standard InChI is InChI=1S/C24H27N3O3/c1-15(2)29-21-9-6-18(7-10-21)13-27-14-20(12-22(27)28)24-25-23(26-30-24)19-8-5-16(3)17(4)11-19/h5-11,15,20H,12-14H2,1-4H3. The van der Waals surface area contributed by atoms with Crippen molar-refractivity contribution in [1.82, 2.24) is 15.0 Å². The second-order valence-corrected chi connectivity index (χ2v) is 8.24. The summed E-state index contributed by atoms with van der Waals surface area (Å²) in [6, 6.07) is 14.0. The van der Waals surface area contributed by atoms with Crippen LogP contribution in [0.25, 0.3) is 11.4 Å². The molecule has 1 atom stereocenters. The van der Waals surface area contributed by atoms with Crippen LogP contribution < -0.4 is 4.74 Å². The molecular formula is C24H27N3O3. The third kappa shape index (κ3) is 4.37. The molecule has 1 saturated heterocycles.